The standard InChI is InChI=1S/C17H20O/c1-11-5-10-17(13(3)12(11)2)16-8-6-15(7-9-16)14(4)18/h5-10,14,18H,1-4H3. The molecule has 0 aliphatic heterocycles. The van der Waals surface area contributed by atoms with Gasteiger partial charge in [0, 0.05) is 0 Å². The second-order valence-electron chi connectivity index (χ2n) is 4.98. The first-order valence-electron chi connectivity index (χ1n) is 6.36. The van der Waals surface area contributed by atoms with Crippen molar-refractivity contribution < 1.29 is 5.11 Å². The zero-order valence-corrected chi connectivity index (χ0v) is 11.5. The van der Waals surface area contributed by atoms with Crippen LogP contribution in [0.25, 0.3) is 11.1 Å². The Bertz CT molecular complexity index is 551. The van der Waals surface area contributed by atoms with Crippen LogP contribution in [0.15, 0.2) is 36.4 Å². The predicted octanol–water partition coefficient (Wildman–Crippen LogP) is 4.33. The molecule has 0 amide bonds. The number of rotatable bonds is 2. The fourth-order valence-corrected chi connectivity index (χ4v) is 2.21. The summed E-state index contributed by atoms with van der Waals surface area (Å²) in [7, 11) is 0. The van der Waals surface area contributed by atoms with Crippen molar-refractivity contribution in [1.29, 1.82) is 0 Å². The van der Waals surface area contributed by atoms with Crippen LogP contribution in [-0.2, 0) is 0 Å². The minimum atomic E-state index is -0.403. The number of benzene rings is 2. The van der Waals surface area contributed by atoms with E-state index in [2.05, 4.69) is 45.0 Å². The van der Waals surface area contributed by atoms with E-state index in [1.165, 1.54) is 27.8 Å². The average Bonchev–Trinajstić information content (AvgIpc) is 2.36. The first-order chi connectivity index (χ1) is 8.50. The zero-order chi connectivity index (χ0) is 13.3. The number of hydrogen-bond donors (Lipinski definition) is 1. The first kappa shape index (κ1) is 12.8. The summed E-state index contributed by atoms with van der Waals surface area (Å²) >= 11 is 0. The molecular formula is C17H20O. The van der Waals surface area contributed by atoms with Gasteiger partial charge in [-0.25, -0.2) is 0 Å². The molecular weight excluding hydrogens is 220 g/mol. The van der Waals surface area contributed by atoms with Gasteiger partial charge in [0.05, 0.1) is 6.10 Å². The maximum Gasteiger partial charge on any atom is 0.0761 e. The molecule has 0 spiro atoms. The minimum Gasteiger partial charge on any atom is -0.389 e. The third-order valence-corrected chi connectivity index (χ3v) is 3.76. The maximum absolute atomic E-state index is 9.52. The van der Waals surface area contributed by atoms with Gasteiger partial charge in [-0.3, -0.25) is 0 Å². The molecule has 1 atom stereocenters. The second kappa shape index (κ2) is 4.95. The smallest absolute Gasteiger partial charge is 0.0761 e. The summed E-state index contributed by atoms with van der Waals surface area (Å²) in [6, 6.07) is 12.5. The Morgan fingerprint density at radius 3 is 2.00 bits per heavy atom. The molecule has 18 heavy (non-hydrogen) atoms. The highest BCUT2D eigenvalue weighted by Gasteiger charge is 2.07. The van der Waals surface area contributed by atoms with Crippen LogP contribution >= 0.6 is 0 Å². The van der Waals surface area contributed by atoms with Gasteiger partial charge in [0.25, 0.3) is 0 Å². The Morgan fingerprint density at radius 2 is 1.44 bits per heavy atom. The average molecular weight is 240 g/mol. The molecule has 2 aromatic carbocycles. The summed E-state index contributed by atoms with van der Waals surface area (Å²) < 4.78 is 0. The Labute approximate surface area is 109 Å². The minimum absolute atomic E-state index is 0.403. The quantitative estimate of drug-likeness (QED) is 0.828. The molecule has 0 heterocycles. The van der Waals surface area contributed by atoms with Crippen LogP contribution in [0, 0.1) is 20.8 Å². The molecule has 2 aromatic rings. The monoisotopic (exact) mass is 240 g/mol. The van der Waals surface area contributed by atoms with E-state index in [0.29, 0.717) is 0 Å². The van der Waals surface area contributed by atoms with Crippen LogP contribution in [0.2, 0.25) is 0 Å². The van der Waals surface area contributed by atoms with E-state index in [0.717, 1.165) is 5.56 Å². The van der Waals surface area contributed by atoms with E-state index >= 15 is 0 Å². The van der Waals surface area contributed by atoms with Crippen LogP contribution in [0.1, 0.15) is 35.3 Å². The highest BCUT2D eigenvalue weighted by Crippen LogP contribution is 2.28. The molecule has 1 N–H and O–H groups in total. The zero-order valence-electron chi connectivity index (χ0n) is 11.5. The Hall–Kier alpha value is -1.60. The molecule has 0 saturated carbocycles. The van der Waals surface area contributed by atoms with Crippen molar-refractivity contribution in [2.24, 2.45) is 0 Å². The van der Waals surface area contributed by atoms with Gasteiger partial charge in [0.15, 0.2) is 0 Å². The van der Waals surface area contributed by atoms with E-state index in [4.69, 9.17) is 0 Å². The van der Waals surface area contributed by atoms with Crippen LogP contribution in [0.4, 0.5) is 0 Å². The molecule has 0 fully saturated rings. The Kier molecular flexibility index (Phi) is 3.53. The highest BCUT2D eigenvalue weighted by atomic mass is 16.3. The SMILES string of the molecule is Cc1ccc(-c2ccc(C(C)O)cc2)c(C)c1C. The van der Waals surface area contributed by atoms with Gasteiger partial charge < -0.3 is 5.11 Å². The van der Waals surface area contributed by atoms with E-state index in [1.54, 1.807) is 6.92 Å². The van der Waals surface area contributed by atoms with Crippen LogP contribution in [-0.4, -0.2) is 5.11 Å². The van der Waals surface area contributed by atoms with Gasteiger partial charge in [0.2, 0.25) is 0 Å². The van der Waals surface area contributed by atoms with E-state index in [9.17, 15) is 5.11 Å². The summed E-state index contributed by atoms with van der Waals surface area (Å²) in [5.41, 5.74) is 7.46. The molecule has 0 aliphatic carbocycles. The molecule has 1 heteroatoms. The fourth-order valence-electron chi connectivity index (χ4n) is 2.21. The number of aliphatic hydroxyl groups excluding tert-OH is 1. The van der Waals surface area contributed by atoms with Crippen LogP contribution in [0.3, 0.4) is 0 Å². The second-order valence-corrected chi connectivity index (χ2v) is 4.98. The number of aliphatic hydroxyl groups is 1. The van der Waals surface area contributed by atoms with Crippen molar-refractivity contribution in [1.82, 2.24) is 0 Å². The van der Waals surface area contributed by atoms with Gasteiger partial charge in [0.1, 0.15) is 0 Å². The van der Waals surface area contributed by atoms with Gasteiger partial charge >= 0.3 is 0 Å². The highest BCUT2D eigenvalue weighted by molar-refractivity contribution is 5.69. The molecule has 2 rings (SSSR count). The Morgan fingerprint density at radius 1 is 0.833 bits per heavy atom. The number of hydrogen-bond acceptors (Lipinski definition) is 1. The summed E-state index contributed by atoms with van der Waals surface area (Å²) in [4.78, 5) is 0. The van der Waals surface area contributed by atoms with E-state index in [-0.39, 0.29) is 0 Å². The lowest BCUT2D eigenvalue weighted by molar-refractivity contribution is 0.199. The molecule has 94 valence electrons. The molecule has 0 radical (unpaired) electrons. The third-order valence-electron chi connectivity index (χ3n) is 3.76. The molecule has 1 unspecified atom stereocenters. The van der Waals surface area contributed by atoms with Crippen molar-refractivity contribution >= 4 is 0 Å². The molecule has 0 aromatic heterocycles. The topological polar surface area (TPSA) is 20.2 Å². The fraction of sp³-hybridized carbons (Fsp3) is 0.294. The van der Waals surface area contributed by atoms with E-state index in [1.807, 2.05) is 12.1 Å². The summed E-state index contributed by atoms with van der Waals surface area (Å²) in [6.07, 6.45) is -0.403. The predicted molar refractivity (Wildman–Crippen MR) is 76.7 cm³/mol. The molecule has 0 saturated heterocycles. The maximum atomic E-state index is 9.52. The van der Waals surface area contributed by atoms with Gasteiger partial charge in [-0.15, -0.1) is 0 Å². The normalized spacial score (nSPS) is 12.5. The van der Waals surface area contributed by atoms with Gasteiger partial charge in [-0.2, -0.15) is 0 Å². The van der Waals surface area contributed by atoms with Crippen molar-refractivity contribution in [3.8, 4) is 11.1 Å². The number of aryl methyl sites for hydroxylation is 1. The molecule has 0 aliphatic rings. The Balaban J connectivity index is 2.46. The third kappa shape index (κ3) is 2.32. The van der Waals surface area contributed by atoms with Gasteiger partial charge in [-0.05, 0) is 61.1 Å². The lowest BCUT2D eigenvalue weighted by Gasteiger charge is -2.12. The summed E-state index contributed by atoms with van der Waals surface area (Å²) in [5.74, 6) is 0. The largest absolute Gasteiger partial charge is 0.389 e. The summed E-state index contributed by atoms with van der Waals surface area (Å²) in [6.45, 7) is 8.26. The lowest BCUT2D eigenvalue weighted by Crippen LogP contribution is -1.93. The van der Waals surface area contributed by atoms with Crippen molar-refractivity contribution in [2.45, 2.75) is 33.8 Å². The molecule has 1 nitrogen and oxygen atoms in total. The molecule has 0 bridgehead atoms. The van der Waals surface area contributed by atoms with Crippen molar-refractivity contribution in [2.75, 3.05) is 0 Å². The van der Waals surface area contributed by atoms with Crippen molar-refractivity contribution in [3.05, 3.63) is 58.7 Å². The van der Waals surface area contributed by atoms with E-state index < -0.39 is 6.10 Å². The lowest BCUT2D eigenvalue weighted by atomic mass is 9.93. The van der Waals surface area contributed by atoms with Gasteiger partial charge in [-0.1, -0.05) is 36.4 Å². The van der Waals surface area contributed by atoms with Crippen LogP contribution < -0.4 is 0 Å². The van der Waals surface area contributed by atoms with Crippen molar-refractivity contribution in [3.63, 3.8) is 0 Å². The van der Waals surface area contributed by atoms with Crippen LogP contribution in [0.5, 0.6) is 0 Å². The first-order valence-corrected chi connectivity index (χ1v) is 6.36. The summed E-state index contributed by atoms with van der Waals surface area (Å²) in [5, 5.41) is 9.52.